The number of carbonyl (C=O) groups excluding carboxylic acids is 1. The molecule has 0 aliphatic rings. The Kier molecular flexibility index (Phi) is 5.20. The topological polar surface area (TPSA) is 59.8 Å². The first-order valence-electron chi connectivity index (χ1n) is 6.36. The van der Waals surface area contributed by atoms with Crippen LogP contribution in [0, 0.1) is 0 Å². The molecule has 0 aliphatic carbocycles. The minimum Gasteiger partial charge on any atom is -0.324 e. The average Bonchev–Trinajstić information content (AvgIpc) is 2.85. The average molecular weight is 365 g/mol. The number of amides is 1. The predicted molar refractivity (Wildman–Crippen MR) is 81.4 cm³/mol. The lowest BCUT2D eigenvalue weighted by Gasteiger charge is -2.14. The zero-order chi connectivity index (χ0) is 17.2. The summed E-state index contributed by atoms with van der Waals surface area (Å²) >= 11 is 6.98. The van der Waals surface area contributed by atoms with E-state index in [1.807, 2.05) is 0 Å². The molecule has 1 atom stereocenters. The first-order valence-corrected chi connectivity index (χ1v) is 7.62. The highest BCUT2D eigenvalue weighted by Gasteiger charge is 2.31. The zero-order valence-corrected chi connectivity index (χ0v) is 13.6. The predicted octanol–water partition coefficient (Wildman–Crippen LogP) is 3.61. The molecule has 0 saturated heterocycles. The fraction of sp³-hybridized carbons (Fsp3) is 0.308. The van der Waals surface area contributed by atoms with Crippen LogP contribution in [0.2, 0.25) is 5.02 Å². The van der Waals surface area contributed by atoms with Gasteiger partial charge in [0, 0.05) is 7.05 Å². The number of nitrogens with zero attached hydrogens (tertiary/aromatic N) is 3. The highest BCUT2D eigenvalue weighted by atomic mass is 35.5. The van der Waals surface area contributed by atoms with Gasteiger partial charge in [-0.15, -0.1) is 10.2 Å². The highest BCUT2D eigenvalue weighted by molar-refractivity contribution is 8.00. The molecular formula is C13H12ClF3N4OS. The lowest BCUT2D eigenvalue weighted by molar-refractivity contribution is -0.137. The van der Waals surface area contributed by atoms with Gasteiger partial charge in [-0.25, -0.2) is 0 Å². The molecule has 0 bridgehead atoms. The molecule has 0 unspecified atom stereocenters. The van der Waals surface area contributed by atoms with Gasteiger partial charge in [0.1, 0.15) is 6.33 Å². The standard InChI is InChI=1S/C13H12ClF3N4OS/c1-7(23-12-20-18-6-21(12)2)11(22)19-10-5-8(13(15,16)17)3-4-9(10)14/h3-7H,1-2H3,(H,19,22)/t7-/m0/s1. The third-order valence-electron chi connectivity index (χ3n) is 2.87. The van der Waals surface area contributed by atoms with Crippen LogP contribution < -0.4 is 5.32 Å². The van der Waals surface area contributed by atoms with Gasteiger partial charge in [0.2, 0.25) is 5.91 Å². The normalized spacial score (nSPS) is 13.0. The summed E-state index contributed by atoms with van der Waals surface area (Å²) in [5.74, 6) is -0.487. The molecular weight excluding hydrogens is 353 g/mol. The second-order valence-corrected chi connectivity index (χ2v) is 6.38. The monoisotopic (exact) mass is 364 g/mol. The van der Waals surface area contributed by atoms with E-state index in [4.69, 9.17) is 11.6 Å². The molecule has 1 aromatic carbocycles. The molecule has 0 spiro atoms. The van der Waals surface area contributed by atoms with Gasteiger partial charge < -0.3 is 9.88 Å². The molecule has 124 valence electrons. The van der Waals surface area contributed by atoms with E-state index in [0.717, 1.165) is 30.0 Å². The van der Waals surface area contributed by atoms with Gasteiger partial charge in [0.15, 0.2) is 5.16 Å². The minimum absolute atomic E-state index is 0.0298. The van der Waals surface area contributed by atoms with Crippen molar-refractivity contribution in [3.8, 4) is 0 Å². The molecule has 2 aromatic rings. The van der Waals surface area contributed by atoms with Crippen LogP contribution in [0.25, 0.3) is 0 Å². The van der Waals surface area contributed by atoms with Crippen LogP contribution in [-0.4, -0.2) is 25.9 Å². The Morgan fingerprint density at radius 2 is 2.13 bits per heavy atom. The zero-order valence-electron chi connectivity index (χ0n) is 12.1. The van der Waals surface area contributed by atoms with Gasteiger partial charge in [-0.05, 0) is 25.1 Å². The Bertz CT molecular complexity index is 719. The second-order valence-electron chi connectivity index (χ2n) is 4.67. The fourth-order valence-electron chi connectivity index (χ4n) is 1.62. The van der Waals surface area contributed by atoms with Crippen LogP contribution in [0.1, 0.15) is 12.5 Å². The first-order chi connectivity index (χ1) is 10.7. The summed E-state index contributed by atoms with van der Waals surface area (Å²) in [7, 11) is 1.72. The molecule has 5 nitrogen and oxygen atoms in total. The Hall–Kier alpha value is -1.74. The van der Waals surface area contributed by atoms with Crippen molar-refractivity contribution in [1.29, 1.82) is 0 Å². The number of hydrogen-bond acceptors (Lipinski definition) is 4. The van der Waals surface area contributed by atoms with E-state index in [9.17, 15) is 18.0 Å². The molecule has 0 saturated carbocycles. The van der Waals surface area contributed by atoms with Gasteiger partial charge in [0.05, 0.1) is 21.5 Å². The molecule has 2 rings (SSSR count). The summed E-state index contributed by atoms with van der Waals surface area (Å²) in [5.41, 5.74) is -0.970. The highest BCUT2D eigenvalue weighted by Crippen LogP contribution is 2.34. The molecule has 0 aliphatic heterocycles. The van der Waals surface area contributed by atoms with Crippen molar-refractivity contribution in [2.24, 2.45) is 7.05 Å². The SMILES string of the molecule is C[C@H](Sc1nncn1C)C(=O)Nc1cc(C(F)(F)F)ccc1Cl. The summed E-state index contributed by atoms with van der Waals surface area (Å²) in [5, 5.41) is 9.87. The van der Waals surface area contributed by atoms with E-state index >= 15 is 0 Å². The van der Waals surface area contributed by atoms with E-state index in [0.29, 0.717) is 5.16 Å². The number of thioether (sulfide) groups is 1. The number of benzene rings is 1. The Morgan fingerprint density at radius 1 is 1.43 bits per heavy atom. The maximum Gasteiger partial charge on any atom is 0.416 e. The third-order valence-corrected chi connectivity index (χ3v) is 4.35. The minimum atomic E-state index is -4.51. The van der Waals surface area contributed by atoms with Gasteiger partial charge in [-0.2, -0.15) is 13.2 Å². The number of nitrogens with one attached hydrogen (secondary N) is 1. The quantitative estimate of drug-likeness (QED) is 0.842. The Morgan fingerprint density at radius 3 is 2.70 bits per heavy atom. The van der Waals surface area contributed by atoms with Crippen molar-refractivity contribution in [2.75, 3.05) is 5.32 Å². The first kappa shape index (κ1) is 17.6. The number of hydrogen-bond donors (Lipinski definition) is 1. The number of alkyl halides is 3. The number of anilines is 1. The second kappa shape index (κ2) is 6.79. The van der Waals surface area contributed by atoms with Crippen molar-refractivity contribution in [3.63, 3.8) is 0 Å². The van der Waals surface area contributed by atoms with E-state index in [1.165, 1.54) is 6.33 Å². The van der Waals surface area contributed by atoms with E-state index in [1.54, 1.807) is 18.5 Å². The van der Waals surface area contributed by atoms with Crippen molar-refractivity contribution in [2.45, 2.75) is 23.5 Å². The smallest absolute Gasteiger partial charge is 0.324 e. The number of aromatic nitrogens is 3. The summed E-state index contributed by atoms with van der Waals surface area (Å²) < 4.78 is 39.8. The number of rotatable bonds is 4. The van der Waals surface area contributed by atoms with Crippen LogP contribution in [0.5, 0.6) is 0 Å². The summed E-state index contributed by atoms with van der Waals surface area (Å²) in [4.78, 5) is 12.1. The molecule has 1 aromatic heterocycles. The molecule has 0 fully saturated rings. The summed E-state index contributed by atoms with van der Waals surface area (Å²) in [6.45, 7) is 1.61. The van der Waals surface area contributed by atoms with Crippen LogP contribution in [-0.2, 0) is 18.0 Å². The van der Waals surface area contributed by atoms with Crippen LogP contribution >= 0.6 is 23.4 Å². The van der Waals surface area contributed by atoms with Gasteiger partial charge in [0.25, 0.3) is 0 Å². The van der Waals surface area contributed by atoms with Crippen molar-refractivity contribution < 1.29 is 18.0 Å². The maximum atomic E-state index is 12.7. The molecule has 1 N–H and O–H groups in total. The van der Waals surface area contributed by atoms with E-state index in [2.05, 4.69) is 15.5 Å². The number of halogens is 4. The summed E-state index contributed by atoms with van der Waals surface area (Å²) in [6, 6.07) is 2.76. The molecule has 0 radical (unpaired) electrons. The van der Waals surface area contributed by atoms with Crippen molar-refractivity contribution in [3.05, 3.63) is 35.1 Å². The molecule has 23 heavy (non-hydrogen) atoms. The van der Waals surface area contributed by atoms with E-state index in [-0.39, 0.29) is 10.7 Å². The molecule has 10 heteroatoms. The lowest BCUT2D eigenvalue weighted by Crippen LogP contribution is -2.23. The lowest BCUT2D eigenvalue weighted by atomic mass is 10.2. The van der Waals surface area contributed by atoms with Gasteiger partial charge in [-0.1, -0.05) is 23.4 Å². The molecule has 1 amide bonds. The Labute approximate surface area is 139 Å². The van der Waals surface area contributed by atoms with Crippen molar-refractivity contribution in [1.82, 2.24) is 14.8 Å². The Balaban J connectivity index is 2.12. The molecule has 1 heterocycles. The largest absolute Gasteiger partial charge is 0.416 e. The van der Waals surface area contributed by atoms with E-state index < -0.39 is 22.9 Å². The number of carbonyl (C=O) groups is 1. The van der Waals surface area contributed by atoms with Crippen LogP contribution in [0.4, 0.5) is 18.9 Å². The summed E-state index contributed by atoms with van der Waals surface area (Å²) in [6.07, 6.45) is -3.03. The van der Waals surface area contributed by atoms with Crippen LogP contribution in [0.15, 0.2) is 29.7 Å². The fourth-order valence-corrected chi connectivity index (χ4v) is 2.58. The third kappa shape index (κ3) is 4.38. The van der Waals surface area contributed by atoms with Gasteiger partial charge >= 0.3 is 6.18 Å². The number of aryl methyl sites for hydroxylation is 1. The maximum absolute atomic E-state index is 12.7. The van der Waals surface area contributed by atoms with Gasteiger partial charge in [-0.3, -0.25) is 4.79 Å². The van der Waals surface area contributed by atoms with Crippen molar-refractivity contribution >= 4 is 35.0 Å². The van der Waals surface area contributed by atoms with Crippen LogP contribution in [0.3, 0.4) is 0 Å².